The number of nitrogens with two attached hydrogens (primary N) is 1. The molecule has 4 rings (SSSR count). The first-order valence-electron chi connectivity index (χ1n) is 9.79. The molecule has 4 aliphatic rings. The summed E-state index contributed by atoms with van der Waals surface area (Å²) in [5.41, 5.74) is 8.22. The highest BCUT2D eigenvalue weighted by Crippen LogP contribution is 2.77. The maximum Gasteiger partial charge on any atom is 0.0221 e. The zero-order valence-electron chi connectivity index (χ0n) is 14.5. The van der Waals surface area contributed by atoms with Crippen LogP contribution in [-0.2, 0) is 0 Å². The minimum Gasteiger partial charge on any atom is -0.325 e. The fourth-order valence-corrected chi connectivity index (χ4v) is 7.95. The van der Waals surface area contributed by atoms with Crippen LogP contribution in [0.5, 0.6) is 0 Å². The third kappa shape index (κ3) is 1.68. The lowest BCUT2D eigenvalue weighted by Gasteiger charge is -2.57. The van der Waals surface area contributed by atoms with Gasteiger partial charge < -0.3 is 5.73 Å². The van der Waals surface area contributed by atoms with E-state index in [0.717, 1.165) is 23.7 Å². The van der Waals surface area contributed by atoms with Gasteiger partial charge in [-0.05, 0) is 85.9 Å². The van der Waals surface area contributed by atoms with E-state index in [2.05, 4.69) is 20.8 Å². The Morgan fingerprint density at radius 3 is 2.43 bits per heavy atom. The quantitative estimate of drug-likeness (QED) is 0.765. The molecule has 0 aliphatic heterocycles. The highest BCUT2D eigenvalue weighted by atomic mass is 15.0. The molecule has 7 atom stereocenters. The van der Waals surface area contributed by atoms with E-state index in [0.29, 0.717) is 10.8 Å². The lowest BCUT2D eigenvalue weighted by molar-refractivity contribution is -0.0790. The second-order valence-corrected chi connectivity index (χ2v) is 9.38. The molecule has 4 aliphatic carbocycles. The van der Waals surface area contributed by atoms with E-state index < -0.39 is 0 Å². The fraction of sp³-hybridized carbons (Fsp3) is 1.00. The molecule has 0 aromatic heterocycles. The second kappa shape index (κ2) is 4.49. The molecule has 1 nitrogen and oxygen atoms in total. The fourth-order valence-electron chi connectivity index (χ4n) is 7.95. The summed E-state index contributed by atoms with van der Waals surface area (Å²) in [6.45, 7) is 7.49. The normalized spacial score (nSPS) is 58.3. The standard InChI is InChI=1S/C20H35N/c1-4-10-18(3)14(5-2)6-7-15-16(18)8-11-19-13-20(19,21)12-9-17(15)19/h14-17H,4-13,21H2,1-3H3. The zero-order chi connectivity index (χ0) is 14.9. The van der Waals surface area contributed by atoms with Crippen LogP contribution in [0.15, 0.2) is 0 Å². The van der Waals surface area contributed by atoms with Gasteiger partial charge in [-0.15, -0.1) is 0 Å². The van der Waals surface area contributed by atoms with Crippen molar-refractivity contribution in [3.05, 3.63) is 0 Å². The summed E-state index contributed by atoms with van der Waals surface area (Å²) in [4.78, 5) is 0. The van der Waals surface area contributed by atoms with Crippen LogP contribution < -0.4 is 5.73 Å². The molecule has 7 unspecified atom stereocenters. The highest BCUT2D eigenvalue weighted by Gasteiger charge is 2.75. The van der Waals surface area contributed by atoms with Gasteiger partial charge in [-0.25, -0.2) is 0 Å². The monoisotopic (exact) mass is 289 g/mol. The Kier molecular flexibility index (Phi) is 3.11. The SMILES string of the molecule is CCCC1(C)C(CC)CCC2C1CCC13CC1(N)CCC23. The Labute approximate surface area is 131 Å². The third-order valence-corrected chi connectivity index (χ3v) is 8.95. The topological polar surface area (TPSA) is 26.0 Å². The average molecular weight is 290 g/mol. The predicted molar refractivity (Wildman–Crippen MR) is 88.9 cm³/mol. The van der Waals surface area contributed by atoms with Crippen molar-refractivity contribution in [1.29, 1.82) is 0 Å². The Bertz CT molecular complexity index is 432. The van der Waals surface area contributed by atoms with Crippen molar-refractivity contribution in [2.24, 2.45) is 40.2 Å². The van der Waals surface area contributed by atoms with Gasteiger partial charge in [-0.2, -0.15) is 0 Å². The maximum atomic E-state index is 6.70. The van der Waals surface area contributed by atoms with Crippen LogP contribution in [0.25, 0.3) is 0 Å². The van der Waals surface area contributed by atoms with Crippen LogP contribution in [0.3, 0.4) is 0 Å². The van der Waals surface area contributed by atoms with Gasteiger partial charge in [0.2, 0.25) is 0 Å². The lowest BCUT2D eigenvalue weighted by Crippen LogP contribution is -2.50. The zero-order valence-corrected chi connectivity index (χ0v) is 14.5. The summed E-state index contributed by atoms with van der Waals surface area (Å²) in [5, 5.41) is 0. The Balaban J connectivity index is 1.64. The molecule has 120 valence electrons. The average Bonchev–Trinajstić information content (AvgIpc) is 2.92. The van der Waals surface area contributed by atoms with E-state index >= 15 is 0 Å². The van der Waals surface area contributed by atoms with Gasteiger partial charge >= 0.3 is 0 Å². The molecule has 0 saturated heterocycles. The second-order valence-electron chi connectivity index (χ2n) is 9.38. The van der Waals surface area contributed by atoms with E-state index in [1.807, 2.05) is 0 Å². The number of hydrogen-bond donors (Lipinski definition) is 1. The van der Waals surface area contributed by atoms with Crippen LogP contribution in [0, 0.1) is 34.5 Å². The van der Waals surface area contributed by atoms with Crippen molar-refractivity contribution >= 4 is 0 Å². The summed E-state index contributed by atoms with van der Waals surface area (Å²) in [5.74, 6) is 4.01. The highest BCUT2D eigenvalue weighted by molar-refractivity contribution is 5.28. The smallest absolute Gasteiger partial charge is 0.0221 e. The maximum absolute atomic E-state index is 6.70. The van der Waals surface area contributed by atoms with Crippen molar-refractivity contribution in [1.82, 2.24) is 0 Å². The molecule has 21 heavy (non-hydrogen) atoms. The van der Waals surface area contributed by atoms with Crippen LogP contribution in [0.1, 0.15) is 85.0 Å². The molecule has 0 radical (unpaired) electrons. The van der Waals surface area contributed by atoms with Gasteiger partial charge in [0.25, 0.3) is 0 Å². The minimum absolute atomic E-state index is 0.283. The first kappa shape index (κ1) is 14.5. The molecule has 1 spiro atoms. The van der Waals surface area contributed by atoms with Crippen molar-refractivity contribution < 1.29 is 0 Å². The van der Waals surface area contributed by atoms with Crippen molar-refractivity contribution in [2.45, 2.75) is 90.5 Å². The third-order valence-electron chi connectivity index (χ3n) is 8.95. The predicted octanol–water partition coefficient (Wildman–Crippen LogP) is 5.14. The van der Waals surface area contributed by atoms with E-state index in [-0.39, 0.29) is 5.54 Å². The number of rotatable bonds is 3. The largest absolute Gasteiger partial charge is 0.325 e. The van der Waals surface area contributed by atoms with Gasteiger partial charge in [-0.3, -0.25) is 0 Å². The first-order chi connectivity index (χ1) is 10.0. The molecule has 0 aromatic rings. The van der Waals surface area contributed by atoms with Gasteiger partial charge in [0.1, 0.15) is 0 Å². The van der Waals surface area contributed by atoms with Gasteiger partial charge in [0.15, 0.2) is 0 Å². The molecule has 0 heterocycles. The van der Waals surface area contributed by atoms with Gasteiger partial charge in [0, 0.05) is 5.54 Å². The summed E-state index contributed by atoms with van der Waals surface area (Å²) in [7, 11) is 0. The molecule has 0 amide bonds. The molecule has 0 aromatic carbocycles. The molecule has 0 bridgehead atoms. The van der Waals surface area contributed by atoms with E-state index in [1.54, 1.807) is 0 Å². The first-order valence-corrected chi connectivity index (χ1v) is 9.79. The van der Waals surface area contributed by atoms with E-state index in [4.69, 9.17) is 5.73 Å². The molecular formula is C20H35N. The lowest BCUT2D eigenvalue weighted by atomic mass is 9.48. The summed E-state index contributed by atoms with van der Waals surface area (Å²) < 4.78 is 0. The van der Waals surface area contributed by atoms with Crippen LogP contribution >= 0.6 is 0 Å². The van der Waals surface area contributed by atoms with Crippen LogP contribution in [0.2, 0.25) is 0 Å². The van der Waals surface area contributed by atoms with Crippen LogP contribution in [0.4, 0.5) is 0 Å². The van der Waals surface area contributed by atoms with Crippen molar-refractivity contribution in [2.75, 3.05) is 0 Å². The Morgan fingerprint density at radius 1 is 1.00 bits per heavy atom. The Morgan fingerprint density at radius 2 is 1.76 bits per heavy atom. The van der Waals surface area contributed by atoms with E-state index in [9.17, 15) is 0 Å². The van der Waals surface area contributed by atoms with Crippen molar-refractivity contribution in [3.63, 3.8) is 0 Å². The summed E-state index contributed by atoms with van der Waals surface area (Å²) in [6.07, 6.45) is 14.4. The number of hydrogen-bond acceptors (Lipinski definition) is 1. The van der Waals surface area contributed by atoms with Crippen molar-refractivity contribution in [3.8, 4) is 0 Å². The van der Waals surface area contributed by atoms with Crippen LogP contribution in [-0.4, -0.2) is 5.54 Å². The van der Waals surface area contributed by atoms with E-state index in [1.165, 1.54) is 64.2 Å². The minimum atomic E-state index is 0.283. The van der Waals surface area contributed by atoms with Gasteiger partial charge in [-0.1, -0.05) is 33.6 Å². The summed E-state index contributed by atoms with van der Waals surface area (Å²) >= 11 is 0. The molecule has 4 saturated carbocycles. The Hall–Kier alpha value is -0.0400. The molecule has 4 fully saturated rings. The molecule has 1 heteroatoms. The molecular weight excluding hydrogens is 254 g/mol. The molecule has 2 N–H and O–H groups in total. The van der Waals surface area contributed by atoms with Gasteiger partial charge in [0.05, 0.1) is 0 Å². The number of fused-ring (bicyclic) bond motifs is 2. The summed E-state index contributed by atoms with van der Waals surface area (Å²) in [6, 6.07) is 0.